The van der Waals surface area contributed by atoms with Gasteiger partial charge in [-0.05, 0) is 31.5 Å². The van der Waals surface area contributed by atoms with Crippen LogP contribution >= 0.6 is 6.89 Å². The van der Waals surface area contributed by atoms with Gasteiger partial charge in [-0.1, -0.05) is 31.9 Å². The first-order valence-corrected chi connectivity index (χ1v) is 11.4. The minimum absolute atomic E-state index is 0.359. The predicted octanol–water partition coefficient (Wildman–Crippen LogP) is 3.43. The van der Waals surface area contributed by atoms with Crippen molar-refractivity contribution in [3.05, 3.63) is 6.42 Å². The molecule has 0 unspecified atom stereocenters. The predicted molar refractivity (Wildman–Crippen MR) is 69.0 cm³/mol. The summed E-state index contributed by atoms with van der Waals surface area (Å²) in [6.45, 7) is 16.2. The van der Waals surface area contributed by atoms with Crippen LogP contribution in [-0.4, -0.2) is 33.0 Å². The van der Waals surface area contributed by atoms with Gasteiger partial charge in [-0.15, -0.1) is 6.89 Å². The summed E-state index contributed by atoms with van der Waals surface area (Å²) < 4.78 is 0. The summed E-state index contributed by atoms with van der Waals surface area (Å²) in [6, 6.07) is 1.40. The molecular weight excluding hydrogens is 191 g/mol. The standard InChI is InChI=1S/C11H23PSi/c1-11(2)8-10(12(3,4)5)13(6,7)9-11/h9H2,1-7H3. The molecule has 2 heteroatoms. The van der Waals surface area contributed by atoms with E-state index in [-0.39, 0.29) is 0 Å². The van der Waals surface area contributed by atoms with Gasteiger partial charge in [0.2, 0.25) is 0 Å². The Morgan fingerprint density at radius 3 is 1.85 bits per heavy atom. The molecule has 0 N–H and O–H groups in total. The van der Waals surface area contributed by atoms with Crippen LogP contribution in [0.25, 0.3) is 0 Å². The molecule has 1 heterocycles. The van der Waals surface area contributed by atoms with E-state index in [0.29, 0.717) is 5.41 Å². The summed E-state index contributed by atoms with van der Waals surface area (Å²) in [5, 5.41) is 0. The van der Waals surface area contributed by atoms with Gasteiger partial charge in [-0.25, -0.2) is 0 Å². The van der Waals surface area contributed by atoms with Crippen molar-refractivity contribution in [2.24, 2.45) is 5.41 Å². The Labute approximate surface area is 85.1 Å². The molecule has 13 heavy (non-hydrogen) atoms. The fourth-order valence-electron chi connectivity index (χ4n) is 2.80. The lowest BCUT2D eigenvalue weighted by molar-refractivity contribution is 0.524. The Kier molecular flexibility index (Phi) is 2.68. The van der Waals surface area contributed by atoms with Crippen molar-refractivity contribution in [1.82, 2.24) is 0 Å². The van der Waals surface area contributed by atoms with Crippen LogP contribution in [0, 0.1) is 11.8 Å². The molecule has 1 rings (SSSR count). The van der Waals surface area contributed by atoms with Crippen LogP contribution in [-0.2, 0) is 0 Å². The minimum atomic E-state index is -1.09. The van der Waals surface area contributed by atoms with Gasteiger partial charge in [0.25, 0.3) is 0 Å². The van der Waals surface area contributed by atoms with Crippen molar-refractivity contribution in [1.29, 1.82) is 0 Å². The van der Waals surface area contributed by atoms with Crippen LogP contribution in [0.4, 0.5) is 0 Å². The summed E-state index contributed by atoms with van der Waals surface area (Å²) in [6.07, 6.45) is 3.79. The van der Waals surface area contributed by atoms with Gasteiger partial charge in [0.05, 0.1) is 8.07 Å². The van der Waals surface area contributed by atoms with Crippen LogP contribution < -0.4 is 0 Å². The smallest absolute Gasteiger partial charge is 0.0770 e. The normalized spacial score (nSPS) is 26.5. The first-order chi connectivity index (χ1) is 5.55. The van der Waals surface area contributed by atoms with Gasteiger partial charge in [0, 0.05) is 6.42 Å². The van der Waals surface area contributed by atoms with Crippen LogP contribution in [0.3, 0.4) is 0 Å². The van der Waals surface area contributed by atoms with Gasteiger partial charge < -0.3 is 0 Å². The average Bonchev–Trinajstić information content (AvgIpc) is 1.97. The highest BCUT2D eigenvalue weighted by atomic mass is 31.2. The number of hydrogen-bond donors (Lipinski definition) is 0. The van der Waals surface area contributed by atoms with Crippen molar-refractivity contribution in [2.45, 2.75) is 33.0 Å². The molecule has 0 atom stereocenters. The summed E-state index contributed by atoms with van der Waals surface area (Å²) >= 11 is 0. The Hall–Kier alpha value is 0.517. The van der Waals surface area contributed by atoms with E-state index in [1.807, 2.05) is 0 Å². The van der Waals surface area contributed by atoms with Crippen molar-refractivity contribution < 1.29 is 0 Å². The first kappa shape index (κ1) is 11.6. The average molecular weight is 214 g/mol. The third-order valence-corrected chi connectivity index (χ3v) is 11.1. The molecule has 1 aliphatic heterocycles. The quantitative estimate of drug-likeness (QED) is 0.428. The van der Waals surface area contributed by atoms with E-state index < -0.39 is 15.0 Å². The van der Waals surface area contributed by atoms with E-state index >= 15 is 0 Å². The zero-order chi connectivity index (χ0) is 10.5. The fraction of sp³-hybridized carbons (Fsp3) is 0.818. The van der Waals surface area contributed by atoms with E-state index in [4.69, 9.17) is 0 Å². The molecular formula is C11H23PSi. The van der Waals surface area contributed by atoms with E-state index in [1.54, 1.807) is 4.92 Å². The Bertz CT molecular complexity index is 260. The topological polar surface area (TPSA) is 0 Å². The van der Waals surface area contributed by atoms with Crippen molar-refractivity contribution >= 4 is 19.9 Å². The van der Waals surface area contributed by atoms with Gasteiger partial charge in [0.15, 0.2) is 0 Å². The van der Waals surface area contributed by atoms with Gasteiger partial charge in [-0.3, -0.25) is 0 Å². The molecule has 0 spiro atoms. The van der Waals surface area contributed by atoms with Gasteiger partial charge >= 0.3 is 0 Å². The third kappa shape index (κ3) is 2.50. The molecule has 0 aromatic carbocycles. The lowest BCUT2D eigenvalue weighted by Crippen LogP contribution is -2.32. The van der Waals surface area contributed by atoms with Crippen molar-refractivity contribution in [3.63, 3.8) is 0 Å². The fourth-order valence-corrected chi connectivity index (χ4v) is 14.1. The molecule has 0 saturated carbocycles. The molecule has 0 bridgehead atoms. The Morgan fingerprint density at radius 2 is 1.69 bits per heavy atom. The van der Waals surface area contributed by atoms with Crippen LogP contribution in [0.15, 0.2) is 0 Å². The SMILES string of the molecule is CC1(C)[C]C(=P(C)(C)C)[Si](C)(C)C1. The lowest BCUT2D eigenvalue weighted by atomic mass is 9.94. The van der Waals surface area contributed by atoms with E-state index in [9.17, 15) is 0 Å². The summed E-state index contributed by atoms with van der Waals surface area (Å²) in [7, 11) is -1.09. The zero-order valence-corrected chi connectivity index (χ0v) is 12.0. The Morgan fingerprint density at radius 1 is 1.23 bits per heavy atom. The maximum Gasteiger partial charge on any atom is 0.0770 e. The summed E-state index contributed by atoms with van der Waals surface area (Å²) in [5.41, 5.74) is 0.359. The molecule has 0 aromatic heterocycles. The summed E-state index contributed by atoms with van der Waals surface area (Å²) in [5.74, 6) is 0. The monoisotopic (exact) mass is 214 g/mol. The van der Waals surface area contributed by atoms with Crippen LogP contribution in [0.1, 0.15) is 13.8 Å². The second-order valence-corrected chi connectivity index (χ2v) is 15.9. The van der Waals surface area contributed by atoms with E-state index in [1.165, 1.54) is 6.04 Å². The van der Waals surface area contributed by atoms with E-state index in [0.717, 1.165) is 0 Å². The molecule has 1 aliphatic rings. The zero-order valence-electron chi connectivity index (χ0n) is 10.2. The molecule has 0 nitrogen and oxygen atoms in total. The second kappa shape index (κ2) is 3.00. The van der Waals surface area contributed by atoms with Crippen LogP contribution in [0.5, 0.6) is 0 Å². The van der Waals surface area contributed by atoms with Gasteiger partial charge in [-0.2, -0.15) is 0 Å². The van der Waals surface area contributed by atoms with Crippen LogP contribution in [0.2, 0.25) is 19.1 Å². The molecule has 0 amide bonds. The van der Waals surface area contributed by atoms with Crippen molar-refractivity contribution in [2.75, 3.05) is 20.0 Å². The first-order valence-electron chi connectivity index (χ1n) is 5.02. The molecule has 2 radical (unpaired) electrons. The largest absolute Gasteiger partial charge is 0.118 e. The molecule has 76 valence electrons. The molecule has 1 fully saturated rings. The minimum Gasteiger partial charge on any atom is -0.118 e. The highest BCUT2D eigenvalue weighted by Gasteiger charge is 2.44. The number of hydrogen-bond acceptors (Lipinski definition) is 0. The molecule has 0 aromatic rings. The molecule has 1 saturated heterocycles. The number of rotatable bonds is 0. The third-order valence-electron chi connectivity index (χ3n) is 2.65. The van der Waals surface area contributed by atoms with Gasteiger partial charge in [0.1, 0.15) is 0 Å². The lowest BCUT2D eigenvalue weighted by Gasteiger charge is -2.24. The maximum absolute atomic E-state index is 3.79. The van der Waals surface area contributed by atoms with Crippen molar-refractivity contribution in [3.8, 4) is 0 Å². The maximum atomic E-state index is 3.79. The molecule has 0 aliphatic carbocycles. The highest BCUT2D eigenvalue weighted by Crippen LogP contribution is 2.50. The second-order valence-electron chi connectivity index (χ2n) is 6.43. The highest BCUT2D eigenvalue weighted by molar-refractivity contribution is 7.79. The Balaban J connectivity index is 3.18. The summed E-state index contributed by atoms with van der Waals surface area (Å²) in [4.78, 5) is 1.75. The van der Waals surface area contributed by atoms with E-state index in [2.05, 4.69) is 53.4 Å².